The number of hydrogen-bond donors (Lipinski definition) is 2. The van der Waals surface area contributed by atoms with E-state index >= 15 is 0 Å². The first-order chi connectivity index (χ1) is 10.3. The lowest BCUT2D eigenvalue weighted by Gasteiger charge is -2.31. The molecule has 114 valence electrons. The molecule has 1 aliphatic carbocycles. The molecule has 1 fully saturated rings. The topological polar surface area (TPSA) is 73.6 Å². The number of benzene rings is 1. The highest BCUT2D eigenvalue weighted by molar-refractivity contribution is 5.79. The van der Waals surface area contributed by atoms with Crippen molar-refractivity contribution >= 4 is 5.91 Å². The normalized spacial score (nSPS) is 23.9. The molecule has 1 heterocycles. The summed E-state index contributed by atoms with van der Waals surface area (Å²) in [5.74, 6) is 1.94. The molecule has 3 rings (SSSR count). The summed E-state index contributed by atoms with van der Waals surface area (Å²) in [7, 11) is 0. The number of nitrogens with one attached hydrogen (secondary N) is 1. The summed E-state index contributed by atoms with van der Waals surface area (Å²) in [6.45, 7) is 0.903. The van der Waals surface area contributed by atoms with Crippen molar-refractivity contribution in [2.24, 2.45) is 11.7 Å². The second-order valence-corrected chi connectivity index (χ2v) is 5.82. The third kappa shape index (κ3) is 3.29. The summed E-state index contributed by atoms with van der Waals surface area (Å²) in [6, 6.07) is 5.87. The Balaban J connectivity index is 1.58. The zero-order chi connectivity index (χ0) is 14.7. The van der Waals surface area contributed by atoms with Crippen LogP contribution in [0.1, 0.15) is 31.2 Å². The van der Waals surface area contributed by atoms with E-state index in [0.717, 1.165) is 29.9 Å². The first kappa shape index (κ1) is 14.2. The molecule has 2 aliphatic rings. The minimum atomic E-state index is 0.0548. The molecule has 2 unspecified atom stereocenters. The highest BCUT2D eigenvalue weighted by Gasteiger charge is 2.25. The van der Waals surface area contributed by atoms with Crippen molar-refractivity contribution in [1.82, 2.24) is 5.32 Å². The second-order valence-electron chi connectivity index (χ2n) is 5.82. The van der Waals surface area contributed by atoms with Crippen molar-refractivity contribution in [3.8, 4) is 11.5 Å². The first-order valence-corrected chi connectivity index (χ1v) is 7.64. The Morgan fingerprint density at radius 2 is 2.05 bits per heavy atom. The van der Waals surface area contributed by atoms with Crippen molar-refractivity contribution in [1.29, 1.82) is 0 Å². The lowest BCUT2D eigenvalue weighted by molar-refractivity contribution is -0.121. The van der Waals surface area contributed by atoms with E-state index in [1.807, 2.05) is 18.2 Å². The third-order valence-electron chi connectivity index (χ3n) is 4.36. The third-order valence-corrected chi connectivity index (χ3v) is 4.36. The molecule has 5 heteroatoms. The SMILES string of the molecule is NCC1CCCCC1NC(=O)Cc1ccc2c(c1)OCO2. The van der Waals surface area contributed by atoms with Gasteiger partial charge in [0.1, 0.15) is 0 Å². The molecule has 1 aromatic rings. The minimum Gasteiger partial charge on any atom is -0.454 e. The minimum absolute atomic E-state index is 0.0548. The van der Waals surface area contributed by atoms with Gasteiger partial charge in [0.05, 0.1) is 6.42 Å². The molecule has 1 aromatic carbocycles. The van der Waals surface area contributed by atoms with E-state index in [0.29, 0.717) is 18.9 Å². The van der Waals surface area contributed by atoms with E-state index in [-0.39, 0.29) is 18.7 Å². The molecule has 0 aromatic heterocycles. The van der Waals surface area contributed by atoms with Crippen molar-refractivity contribution in [3.05, 3.63) is 23.8 Å². The highest BCUT2D eigenvalue weighted by Crippen LogP contribution is 2.32. The van der Waals surface area contributed by atoms with Gasteiger partial charge in [-0.15, -0.1) is 0 Å². The number of hydrogen-bond acceptors (Lipinski definition) is 4. The van der Waals surface area contributed by atoms with Gasteiger partial charge < -0.3 is 20.5 Å². The van der Waals surface area contributed by atoms with Crippen LogP contribution >= 0.6 is 0 Å². The molecule has 3 N–H and O–H groups in total. The average molecular weight is 290 g/mol. The van der Waals surface area contributed by atoms with E-state index in [4.69, 9.17) is 15.2 Å². The van der Waals surface area contributed by atoms with Gasteiger partial charge in [-0.2, -0.15) is 0 Å². The van der Waals surface area contributed by atoms with E-state index in [2.05, 4.69) is 5.32 Å². The molecule has 2 atom stereocenters. The Hall–Kier alpha value is -1.75. The second kappa shape index (κ2) is 6.35. The molecule has 21 heavy (non-hydrogen) atoms. The number of fused-ring (bicyclic) bond motifs is 1. The molecule has 0 spiro atoms. The van der Waals surface area contributed by atoms with E-state index in [1.165, 1.54) is 12.8 Å². The molecule has 0 bridgehead atoms. The predicted molar refractivity (Wildman–Crippen MR) is 79.2 cm³/mol. The van der Waals surface area contributed by atoms with Gasteiger partial charge in [-0.25, -0.2) is 0 Å². The number of ether oxygens (including phenoxy) is 2. The number of nitrogens with two attached hydrogens (primary N) is 1. The van der Waals surface area contributed by atoms with Crippen LogP contribution in [-0.4, -0.2) is 25.3 Å². The number of carbonyl (C=O) groups excluding carboxylic acids is 1. The maximum atomic E-state index is 12.2. The van der Waals surface area contributed by atoms with E-state index < -0.39 is 0 Å². The quantitative estimate of drug-likeness (QED) is 0.883. The van der Waals surface area contributed by atoms with Gasteiger partial charge in [0.15, 0.2) is 11.5 Å². The van der Waals surface area contributed by atoms with Crippen molar-refractivity contribution in [2.75, 3.05) is 13.3 Å². The molecule has 0 radical (unpaired) electrons. The van der Waals surface area contributed by atoms with Crippen molar-refractivity contribution in [2.45, 2.75) is 38.1 Å². The van der Waals surface area contributed by atoms with E-state index in [1.54, 1.807) is 0 Å². The van der Waals surface area contributed by atoms with Crippen LogP contribution in [0, 0.1) is 5.92 Å². The van der Waals surface area contributed by atoms with Gasteiger partial charge in [0, 0.05) is 6.04 Å². The fourth-order valence-electron chi connectivity index (χ4n) is 3.17. The number of carbonyl (C=O) groups is 1. The van der Waals surface area contributed by atoms with Crippen LogP contribution in [0.2, 0.25) is 0 Å². The lowest BCUT2D eigenvalue weighted by atomic mass is 9.84. The smallest absolute Gasteiger partial charge is 0.231 e. The zero-order valence-electron chi connectivity index (χ0n) is 12.1. The largest absolute Gasteiger partial charge is 0.454 e. The van der Waals surface area contributed by atoms with Gasteiger partial charge in [0.2, 0.25) is 12.7 Å². The van der Waals surface area contributed by atoms with Crippen LogP contribution in [0.5, 0.6) is 11.5 Å². The summed E-state index contributed by atoms with van der Waals surface area (Å²) >= 11 is 0. The van der Waals surface area contributed by atoms with Crippen LogP contribution in [0.25, 0.3) is 0 Å². The van der Waals surface area contributed by atoms with Gasteiger partial charge in [-0.05, 0) is 43.0 Å². The van der Waals surface area contributed by atoms with Crippen LogP contribution < -0.4 is 20.5 Å². The highest BCUT2D eigenvalue weighted by atomic mass is 16.7. The molecule has 0 saturated heterocycles. The Kier molecular flexibility index (Phi) is 4.29. The van der Waals surface area contributed by atoms with Gasteiger partial charge in [0.25, 0.3) is 0 Å². The lowest BCUT2D eigenvalue weighted by Crippen LogP contribution is -2.45. The predicted octanol–water partition coefficient (Wildman–Crippen LogP) is 1.59. The summed E-state index contributed by atoms with van der Waals surface area (Å²) in [5, 5.41) is 3.15. The Bertz CT molecular complexity index is 518. The fraction of sp³-hybridized carbons (Fsp3) is 0.562. The monoisotopic (exact) mass is 290 g/mol. The maximum absolute atomic E-state index is 12.2. The maximum Gasteiger partial charge on any atom is 0.231 e. The number of rotatable bonds is 4. The zero-order valence-corrected chi connectivity index (χ0v) is 12.1. The Morgan fingerprint density at radius 1 is 1.24 bits per heavy atom. The summed E-state index contributed by atoms with van der Waals surface area (Å²) in [5.41, 5.74) is 6.74. The molecule has 1 aliphatic heterocycles. The van der Waals surface area contributed by atoms with Crippen molar-refractivity contribution < 1.29 is 14.3 Å². The summed E-state index contributed by atoms with van der Waals surface area (Å²) in [4.78, 5) is 12.2. The molecular weight excluding hydrogens is 268 g/mol. The first-order valence-electron chi connectivity index (χ1n) is 7.64. The molecule has 5 nitrogen and oxygen atoms in total. The Morgan fingerprint density at radius 3 is 2.90 bits per heavy atom. The van der Waals surface area contributed by atoms with Crippen LogP contribution in [0.15, 0.2) is 18.2 Å². The summed E-state index contributed by atoms with van der Waals surface area (Å²) < 4.78 is 10.6. The molecule has 1 saturated carbocycles. The molecular formula is C16H22N2O3. The van der Waals surface area contributed by atoms with Gasteiger partial charge in [-0.1, -0.05) is 18.9 Å². The van der Waals surface area contributed by atoms with Crippen LogP contribution in [0.3, 0.4) is 0 Å². The van der Waals surface area contributed by atoms with Crippen LogP contribution in [0.4, 0.5) is 0 Å². The van der Waals surface area contributed by atoms with Crippen LogP contribution in [-0.2, 0) is 11.2 Å². The van der Waals surface area contributed by atoms with E-state index in [9.17, 15) is 4.79 Å². The Labute approximate surface area is 124 Å². The average Bonchev–Trinajstić information content (AvgIpc) is 2.95. The molecule has 1 amide bonds. The van der Waals surface area contributed by atoms with Crippen molar-refractivity contribution in [3.63, 3.8) is 0 Å². The number of amides is 1. The van der Waals surface area contributed by atoms with Gasteiger partial charge >= 0.3 is 0 Å². The van der Waals surface area contributed by atoms with Gasteiger partial charge in [-0.3, -0.25) is 4.79 Å². The summed E-state index contributed by atoms with van der Waals surface area (Å²) in [6.07, 6.45) is 4.91. The fourth-order valence-corrected chi connectivity index (χ4v) is 3.17. The standard InChI is InChI=1S/C16H22N2O3/c17-9-12-3-1-2-4-13(12)18-16(19)8-11-5-6-14-15(7-11)21-10-20-14/h5-7,12-13H,1-4,8-10,17H2,(H,18,19).